The van der Waals surface area contributed by atoms with Crippen molar-refractivity contribution in [3.63, 3.8) is 0 Å². The van der Waals surface area contributed by atoms with Crippen molar-refractivity contribution in [2.24, 2.45) is 4.99 Å². The van der Waals surface area contributed by atoms with Gasteiger partial charge in [0.25, 0.3) is 5.91 Å². The van der Waals surface area contributed by atoms with Crippen molar-refractivity contribution >= 4 is 57.0 Å². The summed E-state index contributed by atoms with van der Waals surface area (Å²) in [7, 11) is 1.65. The zero-order chi connectivity index (χ0) is 19.7. The summed E-state index contributed by atoms with van der Waals surface area (Å²) < 4.78 is 5.44. The van der Waals surface area contributed by atoms with Gasteiger partial charge in [0.15, 0.2) is 5.17 Å². The fraction of sp³-hybridized carbons (Fsp3) is 0.0909. The molecule has 0 unspecified atom stereocenters. The smallest absolute Gasteiger partial charge is 0.264 e. The van der Waals surface area contributed by atoms with E-state index in [1.807, 2.05) is 67.6 Å². The zero-order valence-electron chi connectivity index (χ0n) is 15.3. The van der Waals surface area contributed by atoms with E-state index in [-0.39, 0.29) is 5.91 Å². The largest absolute Gasteiger partial charge is 0.496 e. The molecule has 0 bridgehead atoms. The number of amidine groups is 1. The van der Waals surface area contributed by atoms with Crippen LogP contribution in [0.15, 0.2) is 64.5 Å². The third-order valence-corrected chi connectivity index (χ3v) is 5.86. The lowest BCUT2D eigenvalue weighted by Crippen LogP contribution is -2.19. The van der Waals surface area contributed by atoms with E-state index < -0.39 is 0 Å². The molecular formula is C22H17ClN2O2S. The van der Waals surface area contributed by atoms with Gasteiger partial charge in [-0.25, -0.2) is 4.99 Å². The van der Waals surface area contributed by atoms with Crippen molar-refractivity contribution in [3.8, 4) is 5.75 Å². The molecule has 0 aliphatic carbocycles. The standard InChI is InChI=1S/C22H17ClN2O2S/c1-13-17(23)8-5-9-18(13)24-22-25-21(26)20(28-22)12-14-10-11-19(27-2)16-7-4-3-6-15(14)16/h3-12H,1-2H3,(H,24,25,26)/b20-12+. The lowest BCUT2D eigenvalue weighted by Gasteiger charge is -2.08. The summed E-state index contributed by atoms with van der Waals surface area (Å²) in [6, 6.07) is 17.4. The summed E-state index contributed by atoms with van der Waals surface area (Å²) >= 11 is 7.48. The fourth-order valence-electron chi connectivity index (χ4n) is 3.05. The SMILES string of the molecule is COc1ccc(/C=C2/SC(=Nc3cccc(Cl)c3C)NC2=O)c2ccccc12. The number of thioether (sulfide) groups is 1. The molecule has 0 saturated carbocycles. The Morgan fingerprint density at radius 3 is 2.64 bits per heavy atom. The van der Waals surface area contributed by atoms with Crippen LogP contribution in [0.1, 0.15) is 11.1 Å². The van der Waals surface area contributed by atoms with Crippen molar-refractivity contribution in [1.29, 1.82) is 0 Å². The molecule has 1 heterocycles. The molecule has 1 N–H and O–H groups in total. The quantitative estimate of drug-likeness (QED) is 0.565. The number of nitrogens with zero attached hydrogens (tertiary/aromatic N) is 1. The lowest BCUT2D eigenvalue weighted by molar-refractivity contribution is -0.115. The van der Waals surface area contributed by atoms with Gasteiger partial charge in [-0.3, -0.25) is 4.79 Å². The molecule has 3 aromatic rings. The number of carbonyl (C=O) groups is 1. The van der Waals surface area contributed by atoms with Crippen LogP contribution < -0.4 is 10.1 Å². The average Bonchev–Trinajstić information content (AvgIpc) is 3.04. The van der Waals surface area contributed by atoms with Gasteiger partial charge in [0.05, 0.1) is 17.7 Å². The highest BCUT2D eigenvalue weighted by Crippen LogP contribution is 2.34. The third kappa shape index (κ3) is 3.51. The summed E-state index contributed by atoms with van der Waals surface area (Å²) in [6.07, 6.45) is 1.88. The number of benzene rings is 3. The molecule has 0 radical (unpaired) electrons. The number of ether oxygens (including phenoxy) is 1. The first kappa shape index (κ1) is 18.6. The molecule has 1 fully saturated rings. The van der Waals surface area contributed by atoms with Crippen molar-refractivity contribution in [3.05, 3.63) is 75.7 Å². The molecule has 1 aliphatic rings. The Morgan fingerprint density at radius 2 is 1.86 bits per heavy atom. The van der Waals surface area contributed by atoms with Gasteiger partial charge in [-0.05, 0) is 59.5 Å². The van der Waals surface area contributed by atoms with E-state index in [2.05, 4.69) is 10.3 Å². The third-order valence-electron chi connectivity index (χ3n) is 4.54. The molecule has 0 aromatic heterocycles. The Labute approximate surface area is 172 Å². The van der Waals surface area contributed by atoms with E-state index in [0.29, 0.717) is 15.1 Å². The summed E-state index contributed by atoms with van der Waals surface area (Å²) in [4.78, 5) is 17.6. The number of hydrogen-bond donors (Lipinski definition) is 1. The van der Waals surface area contributed by atoms with Crippen LogP contribution in [0.3, 0.4) is 0 Å². The summed E-state index contributed by atoms with van der Waals surface area (Å²) in [5.74, 6) is 0.642. The lowest BCUT2D eigenvalue weighted by atomic mass is 10.0. The maximum atomic E-state index is 12.5. The Balaban J connectivity index is 1.70. The monoisotopic (exact) mass is 408 g/mol. The van der Waals surface area contributed by atoms with Crippen molar-refractivity contribution in [2.45, 2.75) is 6.92 Å². The Morgan fingerprint density at radius 1 is 1.07 bits per heavy atom. The van der Waals surface area contributed by atoms with Crippen molar-refractivity contribution in [1.82, 2.24) is 5.32 Å². The maximum Gasteiger partial charge on any atom is 0.264 e. The molecule has 4 rings (SSSR count). The van der Waals surface area contributed by atoms with Crippen LogP contribution in [0.2, 0.25) is 5.02 Å². The van der Waals surface area contributed by atoms with E-state index in [1.54, 1.807) is 7.11 Å². The van der Waals surface area contributed by atoms with Crippen molar-refractivity contribution in [2.75, 3.05) is 7.11 Å². The second-order valence-corrected chi connectivity index (χ2v) is 7.71. The van der Waals surface area contributed by atoms with Crippen LogP contribution >= 0.6 is 23.4 Å². The van der Waals surface area contributed by atoms with E-state index >= 15 is 0 Å². The Bertz CT molecular complexity index is 1150. The fourth-order valence-corrected chi connectivity index (χ4v) is 4.04. The molecule has 4 nitrogen and oxygen atoms in total. The minimum atomic E-state index is -0.164. The topological polar surface area (TPSA) is 50.7 Å². The number of methoxy groups -OCH3 is 1. The normalized spacial score (nSPS) is 16.8. The number of fused-ring (bicyclic) bond motifs is 1. The number of carbonyl (C=O) groups excluding carboxylic acids is 1. The van der Waals surface area contributed by atoms with Crippen LogP contribution in [0.25, 0.3) is 16.8 Å². The van der Waals surface area contributed by atoms with E-state index in [9.17, 15) is 4.79 Å². The molecule has 28 heavy (non-hydrogen) atoms. The number of aliphatic imine (C=N–C) groups is 1. The van der Waals surface area contributed by atoms with Gasteiger partial charge in [0.2, 0.25) is 0 Å². The van der Waals surface area contributed by atoms with Gasteiger partial charge < -0.3 is 10.1 Å². The van der Waals surface area contributed by atoms with E-state index in [1.165, 1.54) is 11.8 Å². The van der Waals surface area contributed by atoms with Gasteiger partial charge in [-0.15, -0.1) is 0 Å². The second kappa shape index (κ2) is 7.70. The molecule has 6 heteroatoms. The van der Waals surface area contributed by atoms with Crippen LogP contribution in [0, 0.1) is 6.92 Å². The van der Waals surface area contributed by atoms with Crippen LogP contribution in [0.4, 0.5) is 5.69 Å². The predicted octanol–water partition coefficient (Wildman–Crippen LogP) is 5.70. The highest BCUT2D eigenvalue weighted by atomic mass is 35.5. The van der Waals surface area contributed by atoms with E-state index in [4.69, 9.17) is 16.3 Å². The minimum absolute atomic E-state index is 0.164. The average molecular weight is 409 g/mol. The van der Waals surface area contributed by atoms with Gasteiger partial charge in [0.1, 0.15) is 5.75 Å². The number of halogens is 1. The molecular weight excluding hydrogens is 392 g/mol. The van der Waals surface area contributed by atoms with Gasteiger partial charge in [-0.2, -0.15) is 0 Å². The molecule has 0 spiro atoms. The van der Waals surface area contributed by atoms with Crippen LogP contribution in [-0.2, 0) is 4.79 Å². The first-order valence-corrected chi connectivity index (χ1v) is 9.86. The van der Waals surface area contributed by atoms with Crippen LogP contribution in [-0.4, -0.2) is 18.2 Å². The highest BCUT2D eigenvalue weighted by Gasteiger charge is 2.24. The zero-order valence-corrected chi connectivity index (χ0v) is 16.9. The summed E-state index contributed by atoms with van der Waals surface area (Å²) in [5.41, 5.74) is 2.57. The maximum absolute atomic E-state index is 12.5. The van der Waals surface area contributed by atoms with Crippen molar-refractivity contribution < 1.29 is 9.53 Å². The van der Waals surface area contributed by atoms with E-state index in [0.717, 1.165) is 33.3 Å². The van der Waals surface area contributed by atoms with Gasteiger partial charge in [0, 0.05) is 10.4 Å². The number of hydrogen-bond acceptors (Lipinski definition) is 4. The Hall–Kier alpha value is -2.76. The molecule has 0 atom stereocenters. The van der Waals surface area contributed by atoms with Gasteiger partial charge in [-0.1, -0.05) is 48.0 Å². The molecule has 1 aliphatic heterocycles. The number of nitrogens with one attached hydrogen (secondary N) is 1. The molecule has 1 amide bonds. The predicted molar refractivity (Wildman–Crippen MR) is 117 cm³/mol. The molecule has 1 saturated heterocycles. The summed E-state index contributed by atoms with van der Waals surface area (Å²) in [6.45, 7) is 1.91. The summed E-state index contributed by atoms with van der Waals surface area (Å²) in [5, 5.41) is 6.05. The first-order valence-electron chi connectivity index (χ1n) is 8.67. The number of amides is 1. The first-order chi connectivity index (χ1) is 13.6. The minimum Gasteiger partial charge on any atom is -0.496 e. The number of rotatable bonds is 3. The van der Waals surface area contributed by atoms with Crippen LogP contribution in [0.5, 0.6) is 5.75 Å². The molecule has 3 aromatic carbocycles. The Kier molecular flexibility index (Phi) is 5.11. The van der Waals surface area contributed by atoms with Gasteiger partial charge >= 0.3 is 0 Å². The highest BCUT2D eigenvalue weighted by molar-refractivity contribution is 8.18. The second-order valence-electron chi connectivity index (χ2n) is 6.27. The molecule has 140 valence electrons.